The molecule has 2 atom stereocenters. The molecule has 1 aliphatic heterocycles. The summed E-state index contributed by atoms with van der Waals surface area (Å²) in [5.41, 5.74) is 2.42. The van der Waals surface area contributed by atoms with Crippen LogP contribution in [0.15, 0.2) is 54.6 Å². The van der Waals surface area contributed by atoms with Crippen LogP contribution in [0.2, 0.25) is 0 Å². The smallest absolute Gasteiger partial charge is 0.338 e. The van der Waals surface area contributed by atoms with Gasteiger partial charge in [-0.1, -0.05) is 42.5 Å². The highest BCUT2D eigenvalue weighted by molar-refractivity contribution is 5.91. The predicted octanol–water partition coefficient (Wildman–Crippen LogP) is 2.33. The molecule has 1 fully saturated rings. The summed E-state index contributed by atoms with van der Waals surface area (Å²) in [5, 5.41) is 11.8. The minimum Gasteiger partial charge on any atom is -0.480 e. The number of esters is 1. The second kappa shape index (κ2) is 6.62. The quantitative estimate of drug-likeness (QED) is 0.848. The van der Waals surface area contributed by atoms with E-state index in [1.165, 1.54) is 0 Å². The lowest BCUT2D eigenvalue weighted by molar-refractivity contribution is -0.139. The van der Waals surface area contributed by atoms with Gasteiger partial charge in [0.05, 0.1) is 5.56 Å². The molecule has 0 radical (unpaired) electrons. The van der Waals surface area contributed by atoms with Crippen LogP contribution in [0.1, 0.15) is 16.8 Å². The number of ether oxygens (including phenoxy) is 1. The van der Waals surface area contributed by atoms with Crippen molar-refractivity contribution in [2.45, 2.75) is 18.6 Å². The third-order valence-corrected chi connectivity index (χ3v) is 3.87. The molecule has 0 bridgehead atoms. The van der Waals surface area contributed by atoms with Crippen molar-refractivity contribution in [1.29, 1.82) is 0 Å². The number of carbonyl (C=O) groups is 2. The normalized spacial score (nSPS) is 20.2. The molecule has 0 spiro atoms. The monoisotopic (exact) mass is 311 g/mol. The zero-order valence-electron chi connectivity index (χ0n) is 12.4. The second-order valence-corrected chi connectivity index (χ2v) is 5.51. The molecule has 23 heavy (non-hydrogen) atoms. The first kappa shape index (κ1) is 15.2. The highest BCUT2D eigenvalue weighted by Gasteiger charge is 2.31. The van der Waals surface area contributed by atoms with Gasteiger partial charge in [-0.3, -0.25) is 4.79 Å². The van der Waals surface area contributed by atoms with Crippen LogP contribution in [0.3, 0.4) is 0 Å². The lowest BCUT2D eigenvalue weighted by Crippen LogP contribution is -2.30. The Hall–Kier alpha value is -2.66. The Morgan fingerprint density at radius 1 is 1.04 bits per heavy atom. The summed E-state index contributed by atoms with van der Waals surface area (Å²) < 4.78 is 5.40. The molecular weight excluding hydrogens is 294 g/mol. The zero-order valence-corrected chi connectivity index (χ0v) is 12.4. The van der Waals surface area contributed by atoms with Crippen molar-refractivity contribution in [2.24, 2.45) is 0 Å². The molecule has 118 valence electrons. The SMILES string of the molecule is O=C(O[C@@H]1CN[C@H](C(=O)O)C1)c1cccc(-c2ccccc2)c1. The highest BCUT2D eigenvalue weighted by atomic mass is 16.5. The van der Waals surface area contributed by atoms with Crippen molar-refractivity contribution >= 4 is 11.9 Å². The Morgan fingerprint density at radius 2 is 1.78 bits per heavy atom. The van der Waals surface area contributed by atoms with E-state index >= 15 is 0 Å². The van der Waals surface area contributed by atoms with Crippen LogP contribution in [0.25, 0.3) is 11.1 Å². The fourth-order valence-corrected chi connectivity index (χ4v) is 2.66. The molecule has 5 nitrogen and oxygen atoms in total. The zero-order chi connectivity index (χ0) is 16.2. The number of aliphatic carboxylic acids is 1. The number of carbonyl (C=O) groups excluding carboxylic acids is 1. The predicted molar refractivity (Wildman–Crippen MR) is 85.1 cm³/mol. The fraction of sp³-hybridized carbons (Fsp3) is 0.222. The van der Waals surface area contributed by atoms with Gasteiger partial charge in [-0.15, -0.1) is 0 Å². The maximum Gasteiger partial charge on any atom is 0.338 e. The first-order valence-electron chi connectivity index (χ1n) is 7.46. The Morgan fingerprint density at radius 3 is 2.48 bits per heavy atom. The molecule has 0 amide bonds. The third-order valence-electron chi connectivity index (χ3n) is 3.87. The molecule has 3 rings (SSSR count). The lowest BCUT2D eigenvalue weighted by Gasteiger charge is -2.11. The first-order valence-corrected chi connectivity index (χ1v) is 7.46. The van der Waals surface area contributed by atoms with Gasteiger partial charge >= 0.3 is 11.9 Å². The van der Waals surface area contributed by atoms with Crippen molar-refractivity contribution < 1.29 is 19.4 Å². The minimum atomic E-state index is -0.922. The van der Waals surface area contributed by atoms with Gasteiger partial charge in [-0.25, -0.2) is 4.79 Å². The first-order chi connectivity index (χ1) is 11.1. The van der Waals surface area contributed by atoms with Crippen LogP contribution < -0.4 is 5.32 Å². The van der Waals surface area contributed by atoms with Crippen molar-refractivity contribution in [1.82, 2.24) is 5.32 Å². The van der Waals surface area contributed by atoms with Gasteiger partial charge in [0.25, 0.3) is 0 Å². The average molecular weight is 311 g/mol. The summed E-state index contributed by atoms with van der Waals surface area (Å²) in [6, 6.07) is 16.4. The van der Waals surface area contributed by atoms with E-state index in [-0.39, 0.29) is 0 Å². The van der Waals surface area contributed by atoms with Gasteiger partial charge < -0.3 is 15.2 Å². The van der Waals surface area contributed by atoms with Gasteiger partial charge in [0.1, 0.15) is 12.1 Å². The van der Waals surface area contributed by atoms with Crippen molar-refractivity contribution in [3.8, 4) is 11.1 Å². The largest absolute Gasteiger partial charge is 0.480 e. The summed E-state index contributed by atoms with van der Waals surface area (Å²) in [5.74, 6) is -1.35. The standard InChI is InChI=1S/C18H17NO4/c20-17(21)16-10-15(11-19-16)23-18(22)14-8-4-7-13(9-14)12-5-2-1-3-6-12/h1-9,15-16,19H,10-11H2,(H,20,21)/t15-,16-/m0/s1. The maximum absolute atomic E-state index is 12.3. The topological polar surface area (TPSA) is 75.6 Å². The molecule has 1 saturated heterocycles. The van der Waals surface area contributed by atoms with Gasteiger partial charge in [-0.05, 0) is 23.3 Å². The Balaban J connectivity index is 1.70. The Bertz CT molecular complexity index is 714. The molecule has 2 aromatic rings. The molecule has 0 aromatic heterocycles. The summed E-state index contributed by atoms with van der Waals surface area (Å²) in [7, 11) is 0. The molecule has 1 aliphatic rings. The van der Waals surface area contributed by atoms with Gasteiger partial charge in [0.2, 0.25) is 0 Å². The Kier molecular flexibility index (Phi) is 4.39. The fourth-order valence-electron chi connectivity index (χ4n) is 2.66. The van der Waals surface area contributed by atoms with E-state index in [0.717, 1.165) is 11.1 Å². The average Bonchev–Trinajstić information content (AvgIpc) is 3.04. The van der Waals surface area contributed by atoms with E-state index in [2.05, 4.69) is 5.32 Å². The number of hydrogen-bond donors (Lipinski definition) is 2. The minimum absolute atomic E-state index is 0.291. The van der Waals surface area contributed by atoms with Gasteiger partial charge in [-0.2, -0.15) is 0 Å². The maximum atomic E-state index is 12.3. The highest BCUT2D eigenvalue weighted by Crippen LogP contribution is 2.21. The molecular formula is C18H17NO4. The second-order valence-electron chi connectivity index (χ2n) is 5.51. The van der Waals surface area contributed by atoms with Crippen LogP contribution in [0.5, 0.6) is 0 Å². The number of benzene rings is 2. The van der Waals surface area contributed by atoms with Crippen molar-refractivity contribution in [2.75, 3.05) is 6.54 Å². The van der Waals surface area contributed by atoms with Crippen LogP contribution in [0.4, 0.5) is 0 Å². The number of rotatable bonds is 4. The summed E-state index contributed by atoms with van der Waals surface area (Å²) >= 11 is 0. The van der Waals surface area contributed by atoms with Crippen LogP contribution in [0, 0.1) is 0 Å². The van der Waals surface area contributed by atoms with Crippen LogP contribution >= 0.6 is 0 Å². The van der Waals surface area contributed by atoms with E-state index < -0.39 is 24.1 Å². The number of carboxylic acids is 1. The van der Waals surface area contributed by atoms with E-state index in [4.69, 9.17) is 9.84 Å². The molecule has 0 aliphatic carbocycles. The van der Waals surface area contributed by atoms with E-state index in [9.17, 15) is 9.59 Å². The van der Waals surface area contributed by atoms with E-state index in [1.54, 1.807) is 12.1 Å². The molecule has 0 unspecified atom stereocenters. The van der Waals surface area contributed by atoms with Crippen molar-refractivity contribution in [3.63, 3.8) is 0 Å². The van der Waals surface area contributed by atoms with E-state index in [0.29, 0.717) is 18.5 Å². The summed E-state index contributed by atoms with van der Waals surface area (Å²) in [4.78, 5) is 23.2. The van der Waals surface area contributed by atoms with Crippen LogP contribution in [-0.4, -0.2) is 35.7 Å². The molecule has 0 saturated carbocycles. The Labute approximate surface area is 133 Å². The number of hydrogen-bond acceptors (Lipinski definition) is 4. The molecule has 1 heterocycles. The molecule has 5 heteroatoms. The summed E-state index contributed by atoms with van der Waals surface area (Å²) in [6.45, 7) is 0.362. The van der Waals surface area contributed by atoms with Crippen molar-refractivity contribution in [3.05, 3.63) is 60.2 Å². The van der Waals surface area contributed by atoms with Gasteiger partial charge in [0.15, 0.2) is 0 Å². The summed E-state index contributed by atoms with van der Waals surface area (Å²) in [6.07, 6.45) is -0.122. The molecule has 2 N–H and O–H groups in total. The van der Waals surface area contributed by atoms with E-state index in [1.807, 2.05) is 42.5 Å². The van der Waals surface area contributed by atoms with Crippen LogP contribution in [-0.2, 0) is 9.53 Å². The molecule has 2 aromatic carbocycles. The number of carboxylic acid groups (broad SMARTS) is 1. The lowest BCUT2D eigenvalue weighted by atomic mass is 10.0. The third kappa shape index (κ3) is 3.57. The number of nitrogens with one attached hydrogen (secondary N) is 1. The van der Waals surface area contributed by atoms with Gasteiger partial charge in [0, 0.05) is 13.0 Å².